The monoisotopic (exact) mass is 297 g/mol. The maximum Gasteiger partial charge on any atom is 0.186 e. The van der Waals surface area contributed by atoms with Gasteiger partial charge in [-0.25, -0.2) is 4.98 Å². The lowest BCUT2D eigenvalue weighted by Crippen LogP contribution is -2.48. The molecule has 0 aliphatic carbocycles. The van der Waals surface area contributed by atoms with Gasteiger partial charge in [0.1, 0.15) is 0 Å². The summed E-state index contributed by atoms with van der Waals surface area (Å²) in [6, 6.07) is 0.467. The lowest BCUT2D eigenvalue weighted by Gasteiger charge is -2.38. The number of nitrogens with zero attached hydrogens (tertiary/aromatic N) is 2. The second kappa shape index (κ2) is 7.38. The number of hydrogen-bond acceptors (Lipinski definition) is 5. The largest absolute Gasteiger partial charge is 0.375 e. The molecule has 0 amide bonds. The second-order valence-corrected chi connectivity index (χ2v) is 6.42. The number of rotatable bonds is 6. The Labute approximate surface area is 126 Å². The minimum Gasteiger partial charge on any atom is -0.375 e. The third-order valence-corrected chi connectivity index (χ3v) is 4.96. The summed E-state index contributed by atoms with van der Waals surface area (Å²) < 4.78 is 5.78. The molecular weight excluding hydrogens is 270 g/mol. The van der Waals surface area contributed by atoms with Gasteiger partial charge < -0.3 is 15.0 Å². The van der Waals surface area contributed by atoms with E-state index >= 15 is 0 Å². The van der Waals surface area contributed by atoms with Crippen molar-refractivity contribution in [1.29, 1.82) is 0 Å². The zero-order valence-corrected chi connectivity index (χ0v) is 13.9. The molecule has 2 heterocycles. The van der Waals surface area contributed by atoms with Crippen molar-refractivity contribution < 1.29 is 4.74 Å². The van der Waals surface area contributed by atoms with Crippen molar-refractivity contribution in [2.45, 2.75) is 59.2 Å². The molecule has 1 aromatic heterocycles. The molecule has 2 unspecified atom stereocenters. The fraction of sp³-hybridized carbons (Fsp3) is 0.800. The Bertz CT molecular complexity index is 421. The van der Waals surface area contributed by atoms with Crippen LogP contribution >= 0.6 is 11.3 Å². The summed E-state index contributed by atoms with van der Waals surface area (Å²) >= 11 is 1.85. The lowest BCUT2D eigenvalue weighted by molar-refractivity contribution is 0.0299. The molecule has 0 aromatic carbocycles. The van der Waals surface area contributed by atoms with Gasteiger partial charge in [0.25, 0.3) is 0 Å². The third-order valence-electron chi connectivity index (χ3n) is 3.82. The number of aromatic nitrogens is 1. The number of thiazole rings is 1. The molecule has 4 nitrogen and oxygen atoms in total. The lowest BCUT2D eigenvalue weighted by atomic mass is 10.1. The van der Waals surface area contributed by atoms with Crippen LogP contribution in [0.15, 0.2) is 0 Å². The smallest absolute Gasteiger partial charge is 0.186 e. The third kappa shape index (κ3) is 3.51. The highest BCUT2D eigenvalue weighted by molar-refractivity contribution is 7.15. The molecule has 1 fully saturated rings. The molecule has 1 aromatic rings. The first-order valence-corrected chi connectivity index (χ1v) is 8.58. The first-order chi connectivity index (χ1) is 9.69. The molecule has 1 aliphatic heterocycles. The molecule has 0 saturated carbocycles. The average Bonchev–Trinajstić information content (AvgIpc) is 2.88. The maximum atomic E-state index is 5.78. The molecule has 2 atom stereocenters. The van der Waals surface area contributed by atoms with Crippen LogP contribution in [0.2, 0.25) is 0 Å². The highest BCUT2D eigenvalue weighted by atomic mass is 32.1. The molecule has 20 heavy (non-hydrogen) atoms. The zero-order chi connectivity index (χ0) is 14.5. The molecule has 114 valence electrons. The molecule has 0 radical (unpaired) electrons. The van der Waals surface area contributed by atoms with Gasteiger partial charge in [-0.1, -0.05) is 20.8 Å². The first kappa shape index (κ1) is 15.7. The van der Waals surface area contributed by atoms with E-state index in [-0.39, 0.29) is 0 Å². The van der Waals surface area contributed by atoms with Gasteiger partial charge >= 0.3 is 0 Å². The van der Waals surface area contributed by atoms with E-state index in [9.17, 15) is 0 Å². The van der Waals surface area contributed by atoms with Crippen molar-refractivity contribution in [1.82, 2.24) is 10.3 Å². The highest BCUT2D eigenvalue weighted by Gasteiger charge is 2.28. The Morgan fingerprint density at radius 1 is 1.40 bits per heavy atom. The van der Waals surface area contributed by atoms with E-state index in [1.807, 2.05) is 11.3 Å². The van der Waals surface area contributed by atoms with Crippen LogP contribution in [0.25, 0.3) is 0 Å². The van der Waals surface area contributed by atoms with E-state index in [1.165, 1.54) is 15.7 Å². The number of morpholine rings is 1. The molecular formula is C15H27N3OS. The second-order valence-electron chi connectivity index (χ2n) is 5.36. The van der Waals surface area contributed by atoms with Gasteiger partial charge in [-0.3, -0.25) is 0 Å². The number of nitrogens with one attached hydrogen (secondary N) is 1. The van der Waals surface area contributed by atoms with Gasteiger partial charge in [0.15, 0.2) is 5.13 Å². The predicted octanol–water partition coefficient (Wildman–Crippen LogP) is 2.82. The zero-order valence-electron chi connectivity index (χ0n) is 13.1. The standard InChI is InChI=1S/C15H27N3OS/c1-5-12-10-19-11(4)9-18(12)15-17-13(6-2)14(20-15)8-16-7-3/h11-12,16H,5-10H2,1-4H3. The SMILES string of the molecule is CCNCc1sc(N2CC(C)OCC2CC)nc1CC. The van der Waals surface area contributed by atoms with Crippen LogP contribution < -0.4 is 10.2 Å². The van der Waals surface area contributed by atoms with E-state index in [4.69, 9.17) is 9.72 Å². The van der Waals surface area contributed by atoms with Crippen LogP contribution in [0, 0.1) is 0 Å². The fourth-order valence-corrected chi connectivity index (χ4v) is 3.76. The summed E-state index contributed by atoms with van der Waals surface area (Å²) in [5.41, 5.74) is 1.25. The van der Waals surface area contributed by atoms with Crippen LogP contribution in [-0.4, -0.2) is 36.8 Å². The first-order valence-electron chi connectivity index (χ1n) is 7.77. The summed E-state index contributed by atoms with van der Waals surface area (Å²) in [5.74, 6) is 0. The Balaban J connectivity index is 2.19. The van der Waals surface area contributed by atoms with Gasteiger partial charge in [0.05, 0.1) is 24.4 Å². The molecule has 1 N–H and O–H groups in total. The van der Waals surface area contributed by atoms with E-state index in [2.05, 4.69) is 37.9 Å². The molecule has 5 heteroatoms. The van der Waals surface area contributed by atoms with Crippen molar-refractivity contribution in [2.24, 2.45) is 0 Å². The van der Waals surface area contributed by atoms with Gasteiger partial charge in [0, 0.05) is 18.0 Å². The van der Waals surface area contributed by atoms with Crippen molar-refractivity contribution in [2.75, 3.05) is 24.6 Å². The minimum atomic E-state index is 0.295. The Hall–Kier alpha value is -0.650. The molecule has 0 spiro atoms. The quantitative estimate of drug-likeness (QED) is 0.876. The van der Waals surface area contributed by atoms with E-state index in [0.717, 1.165) is 39.1 Å². The highest BCUT2D eigenvalue weighted by Crippen LogP contribution is 2.30. The summed E-state index contributed by atoms with van der Waals surface area (Å²) in [6.07, 6.45) is 2.41. The number of aryl methyl sites for hydroxylation is 1. The Kier molecular flexibility index (Phi) is 5.81. The Morgan fingerprint density at radius 3 is 2.85 bits per heavy atom. The summed E-state index contributed by atoms with van der Waals surface area (Å²) in [5, 5.41) is 4.59. The van der Waals surface area contributed by atoms with Crippen LogP contribution in [0.3, 0.4) is 0 Å². The summed E-state index contributed by atoms with van der Waals surface area (Å²) in [4.78, 5) is 8.73. The predicted molar refractivity (Wildman–Crippen MR) is 85.7 cm³/mol. The molecule has 1 saturated heterocycles. The number of hydrogen-bond donors (Lipinski definition) is 1. The van der Waals surface area contributed by atoms with E-state index in [0.29, 0.717) is 12.1 Å². The van der Waals surface area contributed by atoms with Gasteiger partial charge in [-0.2, -0.15) is 0 Å². The van der Waals surface area contributed by atoms with Crippen molar-refractivity contribution >= 4 is 16.5 Å². The van der Waals surface area contributed by atoms with Gasteiger partial charge in [-0.05, 0) is 26.3 Å². The summed E-state index contributed by atoms with van der Waals surface area (Å²) in [6.45, 7) is 12.4. The van der Waals surface area contributed by atoms with Crippen molar-refractivity contribution in [3.8, 4) is 0 Å². The number of anilines is 1. The average molecular weight is 297 g/mol. The van der Waals surface area contributed by atoms with Crippen LogP contribution in [0.5, 0.6) is 0 Å². The van der Waals surface area contributed by atoms with Crippen LogP contribution in [0.1, 0.15) is 44.7 Å². The number of ether oxygens (including phenoxy) is 1. The van der Waals surface area contributed by atoms with Crippen molar-refractivity contribution in [3.63, 3.8) is 0 Å². The van der Waals surface area contributed by atoms with E-state index in [1.54, 1.807) is 0 Å². The van der Waals surface area contributed by atoms with Crippen molar-refractivity contribution in [3.05, 3.63) is 10.6 Å². The maximum absolute atomic E-state index is 5.78. The van der Waals surface area contributed by atoms with E-state index < -0.39 is 0 Å². The summed E-state index contributed by atoms with van der Waals surface area (Å²) in [7, 11) is 0. The molecule has 1 aliphatic rings. The molecule has 2 rings (SSSR count). The van der Waals surface area contributed by atoms with Gasteiger partial charge in [0.2, 0.25) is 0 Å². The Morgan fingerprint density at radius 2 is 2.20 bits per heavy atom. The minimum absolute atomic E-state index is 0.295. The van der Waals surface area contributed by atoms with Gasteiger partial charge in [-0.15, -0.1) is 11.3 Å². The topological polar surface area (TPSA) is 37.4 Å². The normalized spacial score (nSPS) is 23.3. The fourth-order valence-electron chi connectivity index (χ4n) is 2.56. The van der Waals surface area contributed by atoms with Crippen LogP contribution in [-0.2, 0) is 17.7 Å². The van der Waals surface area contributed by atoms with Crippen LogP contribution in [0.4, 0.5) is 5.13 Å². The molecule has 0 bridgehead atoms.